The van der Waals surface area contributed by atoms with E-state index in [1.54, 1.807) is 11.8 Å². The fourth-order valence-corrected chi connectivity index (χ4v) is 2.87. The molecule has 0 radical (unpaired) electrons. The molecular weight excluding hydrogens is 360 g/mol. The zero-order chi connectivity index (χ0) is 17.0. The van der Waals surface area contributed by atoms with Crippen molar-refractivity contribution < 1.29 is 14.3 Å². The van der Waals surface area contributed by atoms with Crippen LogP contribution in [0.2, 0.25) is 0 Å². The maximum atomic E-state index is 12.5. The lowest BCUT2D eigenvalue weighted by Gasteiger charge is -2.34. The number of amides is 2. The van der Waals surface area contributed by atoms with E-state index in [0.29, 0.717) is 24.4 Å². The lowest BCUT2D eigenvalue weighted by atomic mass is 9.95. The van der Waals surface area contributed by atoms with Gasteiger partial charge in [0.1, 0.15) is 0 Å². The van der Waals surface area contributed by atoms with Gasteiger partial charge in [0.2, 0.25) is 0 Å². The molecule has 1 aliphatic rings. The molecule has 23 heavy (non-hydrogen) atoms. The summed E-state index contributed by atoms with van der Waals surface area (Å²) < 4.78 is 6.26. The van der Waals surface area contributed by atoms with E-state index in [0.717, 1.165) is 16.5 Å². The number of rotatable bonds is 5. The van der Waals surface area contributed by atoms with E-state index in [-0.39, 0.29) is 12.0 Å². The highest BCUT2D eigenvalue weighted by molar-refractivity contribution is 9.10. The molecule has 6 heteroatoms. The number of ether oxygens (including phenoxy) is 1. The van der Waals surface area contributed by atoms with Crippen LogP contribution in [0.4, 0.5) is 4.79 Å². The van der Waals surface area contributed by atoms with Crippen LogP contribution in [0.3, 0.4) is 0 Å². The lowest BCUT2D eigenvalue weighted by molar-refractivity contribution is -0.139. The van der Waals surface area contributed by atoms with Crippen LogP contribution in [0.25, 0.3) is 0 Å². The van der Waals surface area contributed by atoms with Gasteiger partial charge in [-0.1, -0.05) is 35.0 Å². The van der Waals surface area contributed by atoms with E-state index in [1.165, 1.54) is 0 Å². The van der Waals surface area contributed by atoms with Crippen molar-refractivity contribution in [3.8, 4) is 0 Å². The number of halogens is 1. The minimum absolute atomic E-state index is 0.204. The van der Waals surface area contributed by atoms with Gasteiger partial charge in [0.05, 0.1) is 18.2 Å². The van der Waals surface area contributed by atoms with Crippen molar-refractivity contribution in [2.75, 3.05) is 13.2 Å². The van der Waals surface area contributed by atoms with Crippen LogP contribution in [0.1, 0.15) is 38.8 Å². The highest BCUT2D eigenvalue weighted by atomic mass is 79.9. The SMILES string of the molecule is CCCOC(=O)C1=C(C)N(CC)C(=O)N[C@@H]1c1ccc(Br)cc1. The first kappa shape index (κ1) is 17.5. The van der Waals surface area contributed by atoms with Crippen molar-refractivity contribution in [1.29, 1.82) is 0 Å². The van der Waals surface area contributed by atoms with Gasteiger partial charge in [-0.05, 0) is 38.0 Å². The highest BCUT2D eigenvalue weighted by Crippen LogP contribution is 2.31. The summed E-state index contributed by atoms with van der Waals surface area (Å²) in [7, 11) is 0. The van der Waals surface area contributed by atoms with Gasteiger partial charge in [-0.25, -0.2) is 9.59 Å². The molecule has 1 N–H and O–H groups in total. The van der Waals surface area contributed by atoms with Gasteiger partial charge in [0, 0.05) is 16.7 Å². The van der Waals surface area contributed by atoms with E-state index < -0.39 is 6.04 Å². The minimum Gasteiger partial charge on any atom is -0.462 e. The minimum atomic E-state index is -0.497. The molecule has 0 unspecified atom stereocenters. The Morgan fingerprint density at radius 2 is 1.96 bits per heavy atom. The topological polar surface area (TPSA) is 58.6 Å². The van der Waals surface area contributed by atoms with Gasteiger partial charge < -0.3 is 10.1 Å². The van der Waals surface area contributed by atoms with Crippen LogP contribution < -0.4 is 5.32 Å². The van der Waals surface area contributed by atoms with E-state index in [4.69, 9.17) is 4.74 Å². The van der Waals surface area contributed by atoms with E-state index in [2.05, 4.69) is 21.2 Å². The fourth-order valence-electron chi connectivity index (χ4n) is 2.60. The predicted octanol–water partition coefficient (Wildman–Crippen LogP) is 3.76. The normalized spacial score (nSPS) is 18.0. The first-order valence-corrected chi connectivity index (χ1v) is 8.50. The second-order valence-electron chi connectivity index (χ2n) is 5.31. The van der Waals surface area contributed by atoms with Crippen molar-refractivity contribution in [2.45, 2.75) is 33.2 Å². The number of urea groups is 1. The highest BCUT2D eigenvalue weighted by Gasteiger charge is 2.35. The average molecular weight is 381 g/mol. The number of carbonyl (C=O) groups is 2. The molecular formula is C17H21BrN2O3. The molecule has 0 saturated heterocycles. The molecule has 0 bridgehead atoms. The number of hydrogen-bond donors (Lipinski definition) is 1. The Hall–Kier alpha value is -1.82. The molecule has 0 saturated carbocycles. The first-order valence-electron chi connectivity index (χ1n) is 7.71. The molecule has 1 aliphatic heterocycles. The Morgan fingerprint density at radius 3 is 2.52 bits per heavy atom. The molecule has 1 aromatic rings. The third-order valence-corrected chi connectivity index (χ3v) is 4.30. The lowest BCUT2D eigenvalue weighted by Crippen LogP contribution is -2.47. The summed E-state index contributed by atoms with van der Waals surface area (Å²) in [4.78, 5) is 26.4. The van der Waals surface area contributed by atoms with Crippen molar-refractivity contribution in [3.63, 3.8) is 0 Å². The Morgan fingerprint density at radius 1 is 1.30 bits per heavy atom. The molecule has 1 heterocycles. The second kappa shape index (κ2) is 7.64. The van der Waals surface area contributed by atoms with Gasteiger partial charge in [0.25, 0.3) is 0 Å². The average Bonchev–Trinajstić information content (AvgIpc) is 2.53. The molecule has 1 atom stereocenters. The van der Waals surface area contributed by atoms with Gasteiger partial charge in [0.15, 0.2) is 0 Å². The summed E-state index contributed by atoms with van der Waals surface area (Å²) in [5.74, 6) is -0.379. The smallest absolute Gasteiger partial charge is 0.338 e. The predicted molar refractivity (Wildman–Crippen MR) is 91.7 cm³/mol. The van der Waals surface area contributed by atoms with Crippen LogP contribution in [-0.4, -0.2) is 30.1 Å². The van der Waals surface area contributed by atoms with Crippen LogP contribution in [0.5, 0.6) is 0 Å². The van der Waals surface area contributed by atoms with Crippen molar-refractivity contribution in [2.24, 2.45) is 0 Å². The third-order valence-electron chi connectivity index (χ3n) is 3.77. The molecule has 0 fully saturated rings. The largest absolute Gasteiger partial charge is 0.462 e. The molecule has 5 nitrogen and oxygen atoms in total. The molecule has 124 valence electrons. The molecule has 1 aromatic carbocycles. The first-order chi connectivity index (χ1) is 11.0. The zero-order valence-corrected chi connectivity index (χ0v) is 15.1. The van der Waals surface area contributed by atoms with Crippen molar-refractivity contribution >= 4 is 27.9 Å². The van der Waals surface area contributed by atoms with Crippen LogP contribution in [-0.2, 0) is 9.53 Å². The number of allylic oxidation sites excluding steroid dienone is 1. The monoisotopic (exact) mass is 380 g/mol. The maximum Gasteiger partial charge on any atom is 0.338 e. The number of nitrogens with zero attached hydrogens (tertiary/aromatic N) is 1. The molecule has 0 spiro atoms. The van der Waals surface area contributed by atoms with Gasteiger partial charge in [-0.15, -0.1) is 0 Å². The fraction of sp³-hybridized carbons (Fsp3) is 0.412. The summed E-state index contributed by atoms with van der Waals surface area (Å²) in [6.45, 7) is 6.47. The van der Waals surface area contributed by atoms with Crippen molar-refractivity contribution in [3.05, 3.63) is 45.6 Å². The summed E-state index contributed by atoms with van der Waals surface area (Å²) in [6.07, 6.45) is 0.755. The Kier molecular flexibility index (Phi) is 5.82. The number of benzene rings is 1. The molecule has 2 rings (SSSR count). The van der Waals surface area contributed by atoms with Crippen LogP contribution in [0.15, 0.2) is 40.0 Å². The van der Waals surface area contributed by atoms with Gasteiger partial charge >= 0.3 is 12.0 Å². The van der Waals surface area contributed by atoms with Crippen LogP contribution >= 0.6 is 15.9 Å². The van der Waals surface area contributed by atoms with Gasteiger partial charge in [-0.3, -0.25) is 4.90 Å². The van der Waals surface area contributed by atoms with E-state index in [1.807, 2.05) is 38.1 Å². The number of esters is 1. The third kappa shape index (κ3) is 3.75. The Labute approximate surface area is 144 Å². The number of nitrogens with one attached hydrogen (secondary N) is 1. The molecule has 2 amide bonds. The Balaban J connectivity index is 2.45. The molecule has 0 aromatic heterocycles. The quantitative estimate of drug-likeness (QED) is 0.791. The van der Waals surface area contributed by atoms with Crippen molar-refractivity contribution in [1.82, 2.24) is 10.2 Å². The summed E-state index contributed by atoms with van der Waals surface area (Å²) >= 11 is 3.39. The molecule has 0 aliphatic carbocycles. The maximum absolute atomic E-state index is 12.5. The summed E-state index contributed by atoms with van der Waals surface area (Å²) in [6, 6.07) is 6.84. The number of carbonyl (C=O) groups excluding carboxylic acids is 2. The van der Waals surface area contributed by atoms with E-state index >= 15 is 0 Å². The number of hydrogen-bond acceptors (Lipinski definition) is 3. The summed E-state index contributed by atoms with van der Waals surface area (Å²) in [5, 5.41) is 2.90. The second-order valence-corrected chi connectivity index (χ2v) is 6.23. The van der Waals surface area contributed by atoms with Gasteiger partial charge in [-0.2, -0.15) is 0 Å². The van der Waals surface area contributed by atoms with Crippen LogP contribution in [0, 0.1) is 0 Å². The standard InChI is InChI=1S/C17H21BrN2O3/c1-4-10-23-16(21)14-11(3)20(5-2)17(22)19-15(14)12-6-8-13(18)9-7-12/h6-9,15H,4-5,10H2,1-3H3,(H,19,22)/t15-/m1/s1. The summed E-state index contributed by atoms with van der Waals surface area (Å²) in [5.41, 5.74) is 1.98. The van der Waals surface area contributed by atoms with E-state index in [9.17, 15) is 9.59 Å². The Bertz CT molecular complexity index is 625. The zero-order valence-electron chi connectivity index (χ0n) is 13.6.